The summed E-state index contributed by atoms with van der Waals surface area (Å²) < 4.78 is 6.04. The molecule has 0 spiro atoms. The summed E-state index contributed by atoms with van der Waals surface area (Å²) in [5.41, 5.74) is 23.6. The van der Waals surface area contributed by atoms with Crippen molar-refractivity contribution < 1.29 is 56.5 Å². The maximum Gasteiger partial charge on any atom is 1.00 e. The van der Waals surface area contributed by atoms with E-state index in [9.17, 15) is 5.11 Å². The maximum absolute atomic E-state index is 10.1. The molecule has 0 bridgehead atoms. The minimum absolute atomic E-state index is 0. The third-order valence-electron chi connectivity index (χ3n) is 10.5. The van der Waals surface area contributed by atoms with Gasteiger partial charge in [-0.15, -0.1) is 28.1 Å². The Morgan fingerprint density at radius 1 is 0.627 bits per heavy atom. The van der Waals surface area contributed by atoms with Gasteiger partial charge in [-0.3, -0.25) is 0 Å². The monoisotopic (exact) mass is 1360 g/mol. The summed E-state index contributed by atoms with van der Waals surface area (Å²) in [7, 11) is 0. The molecule has 422 valence electrons. The van der Waals surface area contributed by atoms with Gasteiger partial charge in [-0.2, -0.15) is 10.5 Å². The summed E-state index contributed by atoms with van der Waals surface area (Å²) in [6.45, 7) is 13.2. The summed E-state index contributed by atoms with van der Waals surface area (Å²) in [6.07, 6.45) is 11.1. The number of terminal acetylenes is 1. The van der Waals surface area contributed by atoms with Crippen molar-refractivity contribution in [3.05, 3.63) is 268 Å². The van der Waals surface area contributed by atoms with Crippen molar-refractivity contribution >= 4 is 56.6 Å². The first-order chi connectivity index (χ1) is 39.6. The van der Waals surface area contributed by atoms with Crippen molar-refractivity contribution in [2.24, 2.45) is 10.8 Å². The molecule has 0 fully saturated rings. The van der Waals surface area contributed by atoms with E-state index in [0.717, 1.165) is 69.9 Å². The summed E-state index contributed by atoms with van der Waals surface area (Å²) in [6, 6.07) is 66.2. The molecule has 83 heavy (non-hydrogen) atoms. The fourth-order valence-electron chi connectivity index (χ4n) is 6.53. The van der Waals surface area contributed by atoms with Crippen molar-refractivity contribution in [1.29, 1.82) is 10.5 Å². The number of benzene rings is 7. The Bertz CT molecular complexity index is 3300. The Hall–Kier alpha value is -6.71. The molecule has 4 N–H and O–H groups in total. The fourth-order valence-corrected chi connectivity index (χ4v) is 7.40. The van der Waals surface area contributed by atoms with Crippen LogP contribution in [-0.2, 0) is 32.5 Å². The zero-order valence-corrected chi connectivity index (χ0v) is 55.6. The van der Waals surface area contributed by atoms with Crippen molar-refractivity contribution in [2.45, 2.75) is 79.1 Å². The van der Waals surface area contributed by atoms with E-state index in [4.69, 9.17) is 28.2 Å². The topological polar surface area (TPSA) is 231 Å². The van der Waals surface area contributed by atoms with E-state index < -0.39 is 5.60 Å². The first-order valence-corrected chi connectivity index (χ1v) is 28.4. The predicted octanol–water partition coefficient (Wildman–Crippen LogP) is 10.5. The molecule has 0 atom stereocenters. The van der Waals surface area contributed by atoms with E-state index in [1.807, 2.05) is 131 Å². The van der Waals surface area contributed by atoms with Crippen LogP contribution in [0.25, 0.3) is 10.4 Å². The number of azide groups is 1. The van der Waals surface area contributed by atoms with Gasteiger partial charge in [0, 0.05) is 69.0 Å². The number of rotatable bonds is 15. The van der Waals surface area contributed by atoms with Crippen LogP contribution in [-0.4, -0.2) is 55.2 Å². The number of hydrogen-bond acceptors (Lipinski definition) is 11. The van der Waals surface area contributed by atoms with Crippen molar-refractivity contribution in [3.63, 3.8) is 0 Å². The number of halogens is 2. The van der Waals surface area contributed by atoms with E-state index in [0.29, 0.717) is 31.6 Å². The Morgan fingerprint density at radius 3 is 1.46 bits per heavy atom. The van der Waals surface area contributed by atoms with Crippen molar-refractivity contribution in [1.82, 2.24) is 30.0 Å². The van der Waals surface area contributed by atoms with Crippen molar-refractivity contribution in [3.8, 4) is 24.5 Å². The normalized spacial score (nSPS) is 9.57. The summed E-state index contributed by atoms with van der Waals surface area (Å²) in [5, 5.41) is 54.5. The Morgan fingerprint density at radius 2 is 1.05 bits per heavy atom. The molecule has 2 heterocycles. The summed E-state index contributed by atoms with van der Waals surface area (Å²) in [5.74, 6) is 2.39. The van der Waals surface area contributed by atoms with Gasteiger partial charge in [0.05, 0.1) is 47.8 Å². The van der Waals surface area contributed by atoms with Crippen LogP contribution >= 0.6 is 45.2 Å². The van der Waals surface area contributed by atoms with E-state index in [2.05, 4.69) is 191 Å². The van der Waals surface area contributed by atoms with Crippen LogP contribution in [0.3, 0.4) is 0 Å². The van der Waals surface area contributed by atoms with Gasteiger partial charge in [0.25, 0.3) is 0 Å². The molecule has 9 aromatic rings. The van der Waals surface area contributed by atoms with Gasteiger partial charge < -0.3 is 21.5 Å². The van der Waals surface area contributed by atoms with E-state index in [1.165, 1.54) is 25.8 Å². The average Bonchev–Trinajstić information content (AvgIpc) is 4.22. The molecule has 15 nitrogen and oxygen atoms in total. The number of aromatic nitrogens is 6. The van der Waals surface area contributed by atoms with Gasteiger partial charge in [-0.25, -0.2) is 9.36 Å². The van der Waals surface area contributed by atoms with Gasteiger partial charge >= 0.3 is 51.4 Å². The van der Waals surface area contributed by atoms with Crippen LogP contribution in [0.2, 0.25) is 0 Å². The van der Waals surface area contributed by atoms with Crippen molar-refractivity contribution in [2.75, 3.05) is 30.3 Å². The molecule has 9 rings (SSSR count). The first-order valence-electron chi connectivity index (χ1n) is 26.3. The minimum Gasteiger partial charge on any atom is -0.850 e. The minimum atomic E-state index is -0.750. The summed E-state index contributed by atoms with van der Waals surface area (Å²) >= 11 is 4.43. The second-order valence-electron chi connectivity index (χ2n) is 18.8. The Labute approximate surface area is 560 Å². The van der Waals surface area contributed by atoms with E-state index >= 15 is 0 Å². The third kappa shape index (κ3) is 35.1. The standard InChI is InChI=1S/C18H17N5.C18H20N4.C7H4IN.C7H7I.C7H7N3.C4H7N.C4H9O.K/c19-12-16-8-4-5-9-18(16)20-11-10-17-14-23(22-21-17)13-15-6-2-1-3-7-15;1-15-7-9-17(10-8-15)19-12-11-18-14-22(21-20-18)13-16-5-3-2-4-6-16;8-7-4-2-1-3-6(7)5-9;1-6-2-4-7(8)5-3-6;8-10-9-6-7-4-2-1-3-5-7;1-2-3-4-5;1-4(2,3)5;/h1-9,14,20H,10-11,13H2;2-10,14,19H,11-13H2,1H3;1-4H;2-5H,1H3;1-5H,6H2;1H,3-5H2;1-3H3;/q;;;;;;-1;+1. The predicted molar refractivity (Wildman–Crippen MR) is 347 cm³/mol. The second kappa shape index (κ2) is 43.9. The van der Waals surface area contributed by atoms with Crippen LogP contribution in [0.4, 0.5) is 11.4 Å². The van der Waals surface area contributed by atoms with Crippen LogP contribution in [0.1, 0.15) is 77.5 Å². The molecule has 0 radical (unpaired) electrons. The van der Waals surface area contributed by atoms with Gasteiger partial charge in [0.1, 0.15) is 12.1 Å². The Balaban J connectivity index is 0.000000358. The van der Waals surface area contributed by atoms with Crippen LogP contribution in [0.15, 0.2) is 206 Å². The quantitative estimate of drug-likeness (QED) is 0.0219. The molecule has 0 amide bonds. The SMILES string of the molecule is C#CCCN.CC(C)(C)[O-].Cc1ccc(I)cc1.Cc1ccc(NCCc2cn(Cc3ccccc3)nn2)cc1.N#Cc1ccccc1I.N#Cc1ccccc1NCCc1cn(Cc2ccccc2)nn1.[K+].[N-]=[N+]=NCc1ccccc1. The van der Waals surface area contributed by atoms with Gasteiger partial charge in [-0.1, -0.05) is 187 Å². The number of nitrogens with zero attached hydrogens (tertiary/aromatic N) is 11. The average molecular weight is 1360 g/mol. The number of para-hydroxylation sites is 1. The maximum atomic E-state index is 10.1. The second-order valence-corrected chi connectivity index (χ2v) is 21.2. The molecule has 2 aromatic heterocycles. The van der Waals surface area contributed by atoms with E-state index in [-0.39, 0.29) is 51.4 Å². The molecule has 0 unspecified atom stereocenters. The van der Waals surface area contributed by atoms with Gasteiger partial charge in [0.15, 0.2) is 0 Å². The Kier molecular flexibility index (Phi) is 38.3. The van der Waals surface area contributed by atoms with E-state index in [1.54, 1.807) is 26.8 Å². The van der Waals surface area contributed by atoms with Gasteiger partial charge in [0.2, 0.25) is 0 Å². The fraction of sp³-hybridized carbons (Fsp3) is 0.231. The first kappa shape index (κ1) is 72.4. The molecule has 7 aromatic carbocycles. The smallest absolute Gasteiger partial charge is 0.850 e. The largest absolute Gasteiger partial charge is 1.00 e. The molecule has 0 aliphatic rings. The molecular formula is C65H71I2KN14O. The molecule has 0 aliphatic heterocycles. The van der Waals surface area contributed by atoms with Crippen LogP contribution in [0.5, 0.6) is 0 Å². The molecule has 18 heteroatoms. The number of anilines is 2. The number of aryl methyl sites for hydroxylation is 2. The zero-order chi connectivity index (χ0) is 59.6. The molecular weight excluding hydrogens is 1290 g/mol. The molecule has 0 saturated carbocycles. The zero-order valence-electron chi connectivity index (χ0n) is 48.2. The molecule has 0 saturated heterocycles. The number of nitriles is 2. The molecule has 0 aliphatic carbocycles. The number of nitrogens with two attached hydrogens (primary N) is 1. The van der Waals surface area contributed by atoms with Gasteiger partial charge in [-0.05, 0) is 130 Å². The number of hydrogen-bond donors (Lipinski definition) is 3. The summed E-state index contributed by atoms with van der Waals surface area (Å²) in [4.78, 5) is 2.66. The van der Waals surface area contributed by atoms with Crippen LogP contribution < -0.4 is 72.9 Å². The van der Waals surface area contributed by atoms with Crippen LogP contribution in [0, 0.1) is 56.0 Å². The third-order valence-corrected chi connectivity index (χ3v) is 12.2. The number of nitrogens with one attached hydrogen (secondary N) is 2.